The van der Waals surface area contributed by atoms with Gasteiger partial charge in [0.1, 0.15) is 5.82 Å². The van der Waals surface area contributed by atoms with Crippen LogP contribution < -0.4 is 10.0 Å². The molecule has 11 heteroatoms. The molecule has 0 atom stereocenters. The quantitative estimate of drug-likeness (QED) is 0.480. The van der Waals surface area contributed by atoms with E-state index in [-0.39, 0.29) is 28.6 Å². The van der Waals surface area contributed by atoms with E-state index in [4.69, 9.17) is 11.6 Å². The number of nitrogens with one attached hydrogen (secondary N) is 2. The molecule has 0 saturated heterocycles. The number of nitro groups is 1. The van der Waals surface area contributed by atoms with Gasteiger partial charge in [-0.2, -0.15) is 0 Å². The van der Waals surface area contributed by atoms with Gasteiger partial charge in [0.25, 0.3) is 5.69 Å². The maximum atomic E-state index is 13.2. The molecule has 0 aliphatic rings. The Morgan fingerprint density at radius 1 is 1.21 bits per heavy atom. The monoisotopic (exact) mass is 443 g/mol. The molecule has 1 amide bonds. The van der Waals surface area contributed by atoms with Gasteiger partial charge >= 0.3 is 0 Å². The number of nitro benzene ring substituents is 1. The van der Waals surface area contributed by atoms with Crippen LogP contribution in [-0.2, 0) is 20.4 Å². The Morgan fingerprint density at radius 3 is 2.38 bits per heavy atom. The van der Waals surface area contributed by atoms with Crippen molar-refractivity contribution in [1.29, 1.82) is 0 Å². The molecule has 0 aliphatic heterocycles. The standard InChI is InChI=1S/C18H19ClFN3O5S/c1-18(2,15-8-3-12(20)11-16(15)19)22-17(24)9-10-21-29(27,28)14-6-4-13(5-7-14)23(25)26/h3-8,11,21H,9-10H2,1-2H3,(H,22,24). The van der Waals surface area contributed by atoms with Crippen LogP contribution in [0.2, 0.25) is 5.02 Å². The number of benzene rings is 2. The molecule has 0 aliphatic carbocycles. The fourth-order valence-electron chi connectivity index (χ4n) is 2.60. The van der Waals surface area contributed by atoms with Gasteiger partial charge in [-0.15, -0.1) is 0 Å². The number of hydrogen-bond donors (Lipinski definition) is 2. The first-order valence-electron chi connectivity index (χ1n) is 8.43. The highest BCUT2D eigenvalue weighted by molar-refractivity contribution is 7.89. The first-order chi connectivity index (χ1) is 13.4. The minimum atomic E-state index is -3.92. The van der Waals surface area contributed by atoms with Crippen molar-refractivity contribution in [3.05, 3.63) is 69.0 Å². The Balaban J connectivity index is 1.95. The van der Waals surface area contributed by atoms with Crippen LogP contribution in [0.4, 0.5) is 10.1 Å². The number of rotatable bonds is 8. The van der Waals surface area contributed by atoms with Crippen molar-refractivity contribution in [2.75, 3.05) is 6.54 Å². The molecule has 0 radical (unpaired) electrons. The molecule has 2 aromatic rings. The van der Waals surface area contributed by atoms with Crippen molar-refractivity contribution < 1.29 is 22.5 Å². The van der Waals surface area contributed by atoms with Gasteiger partial charge in [0.15, 0.2) is 0 Å². The Kier molecular flexibility index (Phi) is 6.93. The number of sulfonamides is 1. The van der Waals surface area contributed by atoms with Gasteiger partial charge in [-0.1, -0.05) is 17.7 Å². The lowest BCUT2D eigenvalue weighted by atomic mass is 9.94. The normalized spacial score (nSPS) is 11.9. The van der Waals surface area contributed by atoms with Crippen molar-refractivity contribution in [3.63, 3.8) is 0 Å². The largest absolute Gasteiger partial charge is 0.347 e. The second kappa shape index (κ2) is 8.85. The lowest BCUT2D eigenvalue weighted by molar-refractivity contribution is -0.384. The van der Waals surface area contributed by atoms with E-state index in [1.807, 2.05) is 0 Å². The van der Waals surface area contributed by atoms with E-state index < -0.39 is 32.2 Å². The third-order valence-electron chi connectivity index (χ3n) is 4.06. The van der Waals surface area contributed by atoms with E-state index in [0.717, 1.165) is 30.3 Å². The van der Waals surface area contributed by atoms with Gasteiger partial charge in [-0.05, 0) is 43.7 Å². The first kappa shape index (κ1) is 22.7. The summed E-state index contributed by atoms with van der Waals surface area (Å²) < 4.78 is 39.9. The first-order valence-corrected chi connectivity index (χ1v) is 10.3. The minimum Gasteiger partial charge on any atom is -0.347 e. The highest BCUT2D eigenvalue weighted by atomic mass is 35.5. The lowest BCUT2D eigenvalue weighted by Crippen LogP contribution is -2.42. The molecule has 156 valence electrons. The summed E-state index contributed by atoms with van der Waals surface area (Å²) in [4.78, 5) is 22.1. The number of hydrogen-bond acceptors (Lipinski definition) is 5. The van der Waals surface area contributed by atoms with Crippen molar-refractivity contribution in [2.24, 2.45) is 0 Å². The van der Waals surface area contributed by atoms with Crippen LogP contribution in [-0.4, -0.2) is 25.8 Å². The average molecular weight is 444 g/mol. The predicted molar refractivity (Wildman–Crippen MR) is 105 cm³/mol. The summed E-state index contributed by atoms with van der Waals surface area (Å²) in [5.74, 6) is -0.941. The van der Waals surface area contributed by atoms with E-state index >= 15 is 0 Å². The molecule has 0 spiro atoms. The number of non-ortho nitro benzene ring substituents is 1. The van der Waals surface area contributed by atoms with Gasteiger partial charge in [-0.3, -0.25) is 14.9 Å². The van der Waals surface area contributed by atoms with Crippen LogP contribution in [0.3, 0.4) is 0 Å². The summed E-state index contributed by atoms with van der Waals surface area (Å²) in [6.45, 7) is 3.19. The number of amides is 1. The number of carbonyl (C=O) groups excluding carboxylic acids is 1. The summed E-state index contributed by atoms with van der Waals surface area (Å²) in [7, 11) is -3.92. The number of nitrogens with zero attached hydrogens (tertiary/aromatic N) is 1. The van der Waals surface area contributed by atoms with E-state index in [9.17, 15) is 27.7 Å². The molecule has 0 fully saturated rings. The van der Waals surface area contributed by atoms with E-state index in [1.54, 1.807) is 13.8 Å². The fraction of sp³-hybridized carbons (Fsp3) is 0.278. The molecule has 0 aromatic heterocycles. The molecule has 2 N–H and O–H groups in total. The van der Waals surface area contributed by atoms with Gasteiger partial charge in [0, 0.05) is 30.1 Å². The topological polar surface area (TPSA) is 118 Å². The second-order valence-electron chi connectivity index (χ2n) is 6.70. The summed E-state index contributed by atoms with van der Waals surface area (Å²) in [5.41, 5.74) is -0.621. The molecule has 0 unspecified atom stereocenters. The molecule has 2 rings (SSSR count). The van der Waals surface area contributed by atoms with Crippen LogP contribution >= 0.6 is 11.6 Å². The van der Waals surface area contributed by atoms with E-state index in [0.29, 0.717) is 5.56 Å². The third kappa shape index (κ3) is 5.96. The average Bonchev–Trinajstić information content (AvgIpc) is 2.60. The van der Waals surface area contributed by atoms with Crippen molar-refractivity contribution in [1.82, 2.24) is 10.0 Å². The second-order valence-corrected chi connectivity index (χ2v) is 8.87. The summed E-state index contributed by atoms with van der Waals surface area (Å²) in [6, 6.07) is 8.22. The lowest BCUT2D eigenvalue weighted by Gasteiger charge is -2.28. The van der Waals surface area contributed by atoms with Gasteiger partial charge in [0.2, 0.25) is 15.9 Å². The summed E-state index contributed by atoms with van der Waals surface area (Å²) in [6.07, 6.45) is -0.158. The molecular weight excluding hydrogens is 425 g/mol. The highest BCUT2D eigenvalue weighted by Gasteiger charge is 2.25. The van der Waals surface area contributed by atoms with Crippen LogP contribution in [0.5, 0.6) is 0 Å². The number of halogens is 2. The van der Waals surface area contributed by atoms with Crippen LogP contribution in [0.1, 0.15) is 25.8 Å². The van der Waals surface area contributed by atoms with E-state index in [1.165, 1.54) is 12.1 Å². The zero-order valence-corrected chi connectivity index (χ0v) is 17.2. The molecule has 0 saturated carbocycles. The van der Waals surface area contributed by atoms with Crippen molar-refractivity contribution >= 4 is 33.2 Å². The minimum absolute atomic E-state index is 0.151. The Bertz CT molecular complexity index is 1030. The van der Waals surface area contributed by atoms with Crippen LogP contribution in [0.15, 0.2) is 47.4 Å². The fourth-order valence-corrected chi connectivity index (χ4v) is 4.04. The van der Waals surface area contributed by atoms with Crippen molar-refractivity contribution in [2.45, 2.75) is 30.7 Å². The Morgan fingerprint density at radius 2 is 1.83 bits per heavy atom. The molecule has 0 heterocycles. The summed E-state index contributed by atoms with van der Waals surface area (Å²) >= 11 is 6.04. The van der Waals surface area contributed by atoms with Crippen LogP contribution in [0.25, 0.3) is 0 Å². The van der Waals surface area contributed by atoms with Gasteiger partial charge in [0.05, 0.1) is 15.4 Å². The maximum Gasteiger partial charge on any atom is 0.269 e. The predicted octanol–water partition coefficient (Wildman–Crippen LogP) is 3.11. The number of carbonyl (C=O) groups is 1. The Hall–Kier alpha value is -2.56. The van der Waals surface area contributed by atoms with Gasteiger partial charge < -0.3 is 5.32 Å². The molecule has 0 bridgehead atoms. The zero-order chi connectivity index (χ0) is 21.8. The van der Waals surface area contributed by atoms with Crippen LogP contribution in [0, 0.1) is 15.9 Å². The molecule has 8 nitrogen and oxygen atoms in total. The smallest absolute Gasteiger partial charge is 0.269 e. The highest BCUT2D eigenvalue weighted by Crippen LogP contribution is 2.28. The van der Waals surface area contributed by atoms with Crippen molar-refractivity contribution in [3.8, 4) is 0 Å². The zero-order valence-electron chi connectivity index (χ0n) is 15.6. The molecule has 29 heavy (non-hydrogen) atoms. The van der Waals surface area contributed by atoms with E-state index in [2.05, 4.69) is 10.0 Å². The maximum absolute atomic E-state index is 13.2. The summed E-state index contributed by atoms with van der Waals surface area (Å²) in [5, 5.41) is 13.5. The Labute approximate surface area is 172 Å². The van der Waals surface area contributed by atoms with Gasteiger partial charge in [-0.25, -0.2) is 17.5 Å². The SMILES string of the molecule is CC(C)(NC(=O)CCNS(=O)(=O)c1ccc([N+](=O)[O-])cc1)c1ccc(F)cc1Cl. The molecular formula is C18H19ClFN3O5S. The molecule has 2 aromatic carbocycles. The third-order valence-corrected chi connectivity index (χ3v) is 5.85.